The number of nitrogens with zero attached hydrogens (tertiary/aromatic N) is 6. The first kappa shape index (κ1) is 17.4. The van der Waals surface area contributed by atoms with Gasteiger partial charge in [0.05, 0.1) is 30.1 Å². The number of benzene rings is 1. The topological polar surface area (TPSA) is 93.1 Å². The number of nitrogens with one attached hydrogen (secondary N) is 1. The first-order chi connectivity index (χ1) is 14.3. The molecule has 0 bridgehead atoms. The largest absolute Gasteiger partial charge is 0.381 e. The molecule has 29 heavy (non-hydrogen) atoms. The molecule has 1 saturated heterocycles. The zero-order valence-corrected chi connectivity index (χ0v) is 15.7. The molecule has 0 aliphatic carbocycles. The fraction of sp³-hybridized carbons (Fsp3) is 0.238. The molecule has 3 aromatic heterocycles. The molecular formula is C21H19N7O. The van der Waals surface area contributed by atoms with Gasteiger partial charge < -0.3 is 10.1 Å². The smallest absolute Gasteiger partial charge is 0.247 e. The second-order valence-electron chi connectivity index (χ2n) is 7.12. The van der Waals surface area contributed by atoms with Crippen LogP contribution in [0.25, 0.3) is 16.8 Å². The summed E-state index contributed by atoms with van der Waals surface area (Å²) in [7, 11) is 0. The lowest BCUT2D eigenvalue weighted by Gasteiger charge is -2.06. The molecule has 0 amide bonds. The second-order valence-corrected chi connectivity index (χ2v) is 7.12. The Morgan fingerprint density at radius 3 is 2.93 bits per heavy atom. The number of aromatic nitrogens is 5. The van der Waals surface area contributed by atoms with Crippen LogP contribution in [0.15, 0.2) is 55.0 Å². The van der Waals surface area contributed by atoms with Gasteiger partial charge in [-0.2, -0.15) is 15.3 Å². The first-order valence-electron chi connectivity index (χ1n) is 9.52. The van der Waals surface area contributed by atoms with Gasteiger partial charge in [0.25, 0.3) is 0 Å². The Kier molecular flexibility index (Phi) is 4.42. The van der Waals surface area contributed by atoms with Gasteiger partial charge in [-0.3, -0.25) is 4.68 Å². The van der Waals surface area contributed by atoms with Crippen molar-refractivity contribution in [2.45, 2.75) is 13.0 Å². The van der Waals surface area contributed by atoms with E-state index in [1.807, 2.05) is 41.3 Å². The molecule has 1 aliphatic heterocycles. The Morgan fingerprint density at radius 1 is 1.24 bits per heavy atom. The number of fused-ring (bicyclic) bond motifs is 1. The van der Waals surface area contributed by atoms with Gasteiger partial charge in [-0.1, -0.05) is 12.1 Å². The molecule has 8 heteroatoms. The number of anilines is 2. The Balaban J connectivity index is 1.39. The van der Waals surface area contributed by atoms with E-state index in [1.165, 1.54) is 0 Å². The maximum absolute atomic E-state index is 9.00. The Morgan fingerprint density at radius 2 is 2.14 bits per heavy atom. The molecule has 1 aliphatic rings. The zero-order valence-electron chi connectivity index (χ0n) is 15.7. The van der Waals surface area contributed by atoms with Gasteiger partial charge in [-0.25, -0.2) is 4.52 Å². The average molecular weight is 385 g/mol. The Bertz CT molecular complexity index is 1180. The van der Waals surface area contributed by atoms with Gasteiger partial charge in [-0.05, 0) is 36.2 Å². The minimum atomic E-state index is 0.509. The summed E-state index contributed by atoms with van der Waals surface area (Å²) < 4.78 is 9.11. The average Bonchev–Trinajstić information content (AvgIpc) is 3.49. The van der Waals surface area contributed by atoms with E-state index in [2.05, 4.69) is 26.6 Å². The molecule has 0 spiro atoms. The fourth-order valence-corrected chi connectivity index (χ4v) is 3.56. The lowest BCUT2D eigenvalue weighted by molar-refractivity contribution is 0.181. The predicted molar refractivity (Wildman–Crippen MR) is 108 cm³/mol. The molecule has 4 aromatic rings. The van der Waals surface area contributed by atoms with Crippen LogP contribution < -0.4 is 5.32 Å². The van der Waals surface area contributed by atoms with E-state index in [1.54, 1.807) is 22.8 Å². The highest BCUT2D eigenvalue weighted by atomic mass is 16.5. The predicted octanol–water partition coefficient (Wildman–Crippen LogP) is 3.24. The third kappa shape index (κ3) is 3.56. The molecule has 0 saturated carbocycles. The number of nitriles is 1. The minimum absolute atomic E-state index is 0.509. The Labute approximate surface area is 167 Å². The third-order valence-corrected chi connectivity index (χ3v) is 5.05. The summed E-state index contributed by atoms with van der Waals surface area (Å²) in [6, 6.07) is 13.5. The summed E-state index contributed by atoms with van der Waals surface area (Å²) in [5.74, 6) is 1.03. The van der Waals surface area contributed by atoms with Crippen LogP contribution in [0.2, 0.25) is 0 Å². The van der Waals surface area contributed by atoms with Crippen LogP contribution in [0.5, 0.6) is 0 Å². The van der Waals surface area contributed by atoms with Gasteiger partial charge in [0, 0.05) is 37.0 Å². The monoisotopic (exact) mass is 385 g/mol. The van der Waals surface area contributed by atoms with Crippen molar-refractivity contribution in [1.82, 2.24) is 24.4 Å². The zero-order chi connectivity index (χ0) is 19.6. The van der Waals surface area contributed by atoms with Crippen LogP contribution in [-0.4, -0.2) is 37.6 Å². The van der Waals surface area contributed by atoms with Crippen molar-refractivity contribution in [1.29, 1.82) is 5.26 Å². The maximum Gasteiger partial charge on any atom is 0.247 e. The lowest BCUT2D eigenvalue weighted by atomic mass is 10.1. The summed E-state index contributed by atoms with van der Waals surface area (Å²) in [5, 5.41) is 21.2. The highest BCUT2D eigenvalue weighted by Gasteiger charge is 2.17. The number of hydrogen-bond acceptors (Lipinski definition) is 6. The van der Waals surface area contributed by atoms with Gasteiger partial charge in [0.15, 0.2) is 5.65 Å². The van der Waals surface area contributed by atoms with Crippen molar-refractivity contribution in [3.8, 4) is 17.2 Å². The van der Waals surface area contributed by atoms with E-state index in [0.29, 0.717) is 17.4 Å². The Hall–Kier alpha value is -3.70. The van der Waals surface area contributed by atoms with Gasteiger partial charge in [0.2, 0.25) is 5.95 Å². The molecule has 8 nitrogen and oxygen atoms in total. The summed E-state index contributed by atoms with van der Waals surface area (Å²) in [6.07, 6.45) is 6.69. The standard InChI is InChI=1S/C21H19N7O/c22-10-15-3-5-17(6-4-15)19-2-1-8-28-20(19)25-21(26-28)24-18-11-23-27(13-18)12-16-7-9-29-14-16/h1-6,8,11,13,16H,7,9,12,14H2,(H,24,26). The number of hydrogen-bond donors (Lipinski definition) is 1. The normalized spacial score (nSPS) is 16.2. The third-order valence-electron chi connectivity index (χ3n) is 5.05. The SMILES string of the molecule is N#Cc1ccc(-c2cccn3nc(Nc4cnn(CC5CCOC5)c4)nc23)cc1. The molecule has 1 N–H and O–H groups in total. The fourth-order valence-electron chi connectivity index (χ4n) is 3.56. The van der Waals surface area contributed by atoms with Crippen molar-refractivity contribution in [3.63, 3.8) is 0 Å². The molecule has 1 fully saturated rings. The highest BCUT2D eigenvalue weighted by Crippen LogP contribution is 2.25. The van der Waals surface area contributed by atoms with Crippen LogP contribution in [0.3, 0.4) is 0 Å². The van der Waals surface area contributed by atoms with Crippen molar-refractivity contribution >= 4 is 17.3 Å². The van der Waals surface area contributed by atoms with Crippen molar-refractivity contribution in [3.05, 3.63) is 60.6 Å². The van der Waals surface area contributed by atoms with Crippen LogP contribution >= 0.6 is 0 Å². The molecule has 5 rings (SSSR count). The van der Waals surface area contributed by atoms with Gasteiger partial charge in [-0.15, -0.1) is 5.10 Å². The van der Waals surface area contributed by atoms with E-state index in [4.69, 9.17) is 10.00 Å². The molecule has 4 heterocycles. The van der Waals surface area contributed by atoms with Gasteiger partial charge in [0.1, 0.15) is 0 Å². The quantitative estimate of drug-likeness (QED) is 0.567. The minimum Gasteiger partial charge on any atom is -0.381 e. The number of rotatable bonds is 5. The van der Waals surface area contributed by atoms with E-state index >= 15 is 0 Å². The van der Waals surface area contributed by atoms with Crippen LogP contribution in [-0.2, 0) is 11.3 Å². The summed E-state index contributed by atoms with van der Waals surface area (Å²) in [6.45, 7) is 2.49. The second kappa shape index (κ2) is 7.37. The van der Waals surface area contributed by atoms with E-state index in [0.717, 1.165) is 48.6 Å². The van der Waals surface area contributed by atoms with Crippen LogP contribution in [0, 0.1) is 17.2 Å². The first-order valence-corrected chi connectivity index (χ1v) is 9.52. The van der Waals surface area contributed by atoms with E-state index < -0.39 is 0 Å². The molecular weight excluding hydrogens is 366 g/mol. The van der Waals surface area contributed by atoms with Gasteiger partial charge >= 0.3 is 0 Å². The lowest BCUT2D eigenvalue weighted by Crippen LogP contribution is -2.10. The van der Waals surface area contributed by atoms with Crippen molar-refractivity contribution in [2.75, 3.05) is 18.5 Å². The molecule has 0 radical (unpaired) electrons. The summed E-state index contributed by atoms with van der Waals surface area (Å²) >= 11 is 0. The molecule has 1 unspecified atom stereocenters. The van der Waals surface area contributed by atoms with Crippen molar-refractivity contribution < 1.29 is 4.74 Å². The summed E-state index contributed by atoms with van der Waals surface area (Å²) in [5.41, 5.74) is 4.16. The highest BCUT2D eigenvalue weighted by molar-refractivity contribution is 5.78. The summed E-state index contributed by atoms with van der Waals surface area (Å²) in [4.78, 5) is 4.66. The maximum atomic E-state index is 9.00. The number of pyridine rings is 1. The molecule has 1 atom stereocenters. The molecule has 144 valence electrons. The van der Waals surface area contributed by atoms with E-state index in [-0.39, 0.29) is 0 Å². The number of ether oxygens (including phenoxy) is 1. The van der Waals surface area contributed by atoms with E-state index in [9.17, 15) is 0 Å². The van der Waals surface area contributed by atoms with Crippen LogP contribution in [0.1, 0.15) is 12.0 Å². The van der Waals surface area contributed by atoms with Crippen LogP contribution in [0.4, 0.5) is 11.6 Å². The van der Waals surface area contributed by atoms with Crippen molar-refractivity contribution in [2.24, 2.45) is 5.92 Å². The molecule has 1 aromatic carbocycles.